The molecule has 1 aromatic heterocycles. The Morgan fingerprint density at radius 3 is 2.50 bits per heavy atom. The van der Waals surface area contributed by atoms with E-state index in [0.717, 1.165) is 58.6 Å². The van der Waals surface area contributed by atoms with E-state index in [1.54, 1.807) is 11.7 Å². The highest BCUT2D eigenvalue weighted by atomic mass is 79.9. The van der Waals surface area contributed by atoms with E-state index in [0.29, 0.717) is 5.56 Å². The average Bonchev–Trinajstić information content (AvgIpc) is 3.12. The molecule has 1 saturated heterocycles. The van der Waals surface area contributed by atoms with Crippen LogP contribution in [0, 0.1) is 6.92 Å². The summed E-state index contributed by atoms with van der Waals surface area (Å²) in [7, 11) is 3.84. The monoisotopic (exact) mass is 441 g/mol. The Morgan fingerprint density at radius 2 is 1.82 bits per heavy atom. The van der Waals surface area contributed by atoms with Crippen LogP contribution in [0.4, 0.5) is 5.69 Å². The number of aromatic nitrogens is 1. The van der Waals surface area contributed by atoms with Crippen LogP contribution in [0.3, 0.4) is 0 Å². The number of nitrogens with zero attached hydrogens (tertiary/aromatic N) is 3. The minimum Gasteiger partial charge on any atom is -0.495 e. The summed E-state index contributed by atoms with van der Waals surface area (Å²) in [5, 5.41) is 0.997. The Hall–Kier alpha value is -2.31. The molecule has 0 atom stereocenters. The molecule has 0 N–H and O–H groups in total. The number of hydrogen-bond acceptors (Lipinski definition) is 4. The number of fused-ring (bicyclic) bond motifs is 1. The summed E-state index contributed by atoms with van der Waals surface area (Å²) in [5.74, 6) is 0.821. The van der Waals surface area contributed by atoms with Gasteiger partial charge in [-0.1, -0.05) is 15.9 Å². The second kappa shape index (κ2) is 7.60. The van der Waals surface area contributed by atoms with Crippen LogP contribution in [0.25, 0.3) is 10.9 Å². The number of benzene rings is 2. The normalized spacial score (nSPS) is 15.2. The molecule has 2 aromatic carbocycles. The highest BCUT2D eigenvalue weighted by Crippen LogP contribution is 2.34. The molecule has 4 rings (SSSR count). The topological polar surface area (TPSA) is 37.7 Å². The van der Waals surface area contributed by atoms with Gasteiger partial charge in [0.25, 0.3) is 5.91 Å². The molecule has 6 heteroatoms. The van der Waals surface area contributed by atoms with Crippen LogP contribution < -0.4 is 9.64 Å². The van der Waals surface area contributed by atoms with Gasteiger partial charge >= 0.3 is 0 Å². The molecule has 0 unspecified atom stereocenters. The van der Waals surface area contributed by atoms with Crippen molar-refractivity contribution < 1.29 is 9.53 Å². The lowest BCUT2D eigenvalue weighted by molar-refractivity contribution is 0.0965. The Morgan fingerprint density at radius 1 is 1.07 bits per heavy atom. The Kier molecular flexibility index (Phi) is 5.17. The van der Waals surface area contributed by atoms with Gasteiger partial charge in [-0.05, 0) is 55.9 Å². The van der Waals surface area contributed by atoms with Crippen molar-refractivity contribution in [2.45, 2.75) is 6.92 Å². The van der Waals surface area contributed by atoms with Crippen LogP contribution in [-0.4, -0.2) is 55.7 Å². The zero-order valence-corrected chi connectivity index (χ0v) is 18.0. The number of halogens is 1. The van der Waals surface area contributed by atoms with E-state index in [-0.39, 0.29) is 5.91 Å². The van der Waals surface area contributed by atoms with Crippen LogP contribution in [0.1, 0.15) is 15.9 Å². The maximum atomic E-state index is 13.2. The van der Waals surface area contributed by atoms with Crippen LogP contribution in [0.15, 0.2) is 47.1 Å². The Balaban J connectivity index is 1.76. The Labute approximate surface area is 173 Å². The number of ether oxygens (including phenoxy) is 1. The van der Waals surface area contributed by atoms with Crippen molar-refractivity contribution in [2.75, 3.05) is 45.2 Å². The summed E-state index contributed by atoms with van der Waals surface area (Å²) in [5.41, 5.74) is 3.67. The highest BCUT2D eigenvalue weighted by molar-refractivity contribution is 9.10. The van der Waals surface area contributed by atoms with E-state index in [1.807, 2.05) is 43.5 Å². The van der Waals surface area contributed by atoms with Crippen molar-refractivity contribution in [1.82, 2.24) is 9.47 Å². The number of aryl methyl sites for hydroxylation is 1. The quantitative estimate of drug-likeness (QED) is 0.611. The lowest BCUT2D eigenvalue weighted by Gasteiger charge is -2.34. The lowest BCUT2D eigenvalue weighted by atomic mass is 10.1. The third-order valence-electron chi connectivity index (χ3n) is 5.46. The molecule has 0 spiro atoms. The van der Waals surface area contributed by atoms with Crippen molar-refractivity contribution in [3.63, 3.8) is 0 Å². The van der Waals surface area contributed by atoms with E-state index in [9.17, 15) is 4.79 Å². The van der Waals surface area contributed by atoms with Gasteiger partial charge in [0.1, 0.15) is 5.75 Å². The fraction of sp³-hybridized carbons (Fsp3) is 0.318. The summed E-state index contributed by atoms with van der Waals surface area (Å²) in [6, 6.07) is 11.8. The van der Waals surface area contributed by atoms with Crippen molar-refractivity contribution >= 4 is 38.4 Å². The number of anilines is 1. The second-order valence-corrected chi connectivity index (χ2v) is 8.18. The van der Waals surface area contributed by atoms with Crippen molar-refractivity contribution in [3.05, 3.63) is 58.2 Å². The molecule has 5 nitrogen and oxygen atoms in total. The molecule has 0 amide bonds. The molecule has 28 heavy (non-hydrogen) atoms. The van der Waals surface area contributed by atoms with E-state index in [2.05, 4.69) is 38.8 Å². The minimum absolute atomic E-state index is 0.0277. The summed E-state index contributed by atoms with van der Waals surface area (Å²) >= 11 is 3.50. The second-order valence-electron chi connectivity index (χ2n) is 7.33. The molecule has 1 aliphatic rings. The zero-order valence-electron chi connectivity index (χ0n) is 16.4. The number of hydrogen-bond donors (Lipinski definition) is 0. The number of carbonyl (C=O) groups excluding carboxylic acids is 1. The van der Waals surface area contributed by atoms with Crippen LogP contribution in [0.5, 0.6) is 5.75 Å². The summed E-state index contributed by atoms with van der Waals surface area (Å²) in [6.07, 6.45) is 1.84. The SMILES string of the molecule is COc1cc2ccn(C(=O)c3ccc(Br)c(C)c3)c2cc1N1CCN(C)CC1. The first-order chi connectivity index (χ1) is 13.5. The Bertz CT molecular complexity index is 1040. The van der Waals surface area contributed by atoms with Gasteiger partial charge in [0, 0.05) is 47.8 Å². The van der Waals surface area contributed by atoms with Gasteiger partial charge in [-0.25, -0.2) is 0 Å². The standard InChI is InChI=1S/C22H24BrN3O2/c1-15-12-17(4-5-18(15)23)22(27)26-7-6-16-13-21(28-3)20(14-19(16)26)25-10-8-24(2)9-11-25/h4-7,12-14H,8-11H2,1-3H3. The largest absolute Gasteiger partial charge is 0.495 e. The van der Waals surface area contributed by atoms with Crippen molar-refractivity contribution in [1.29, 1.82) is 0 Å². The van der Waals surface area contributed by atoms with Gasteiger partial charge in [-0.15, -0.1) is 0 Å². The molecule has 0 saturated carbocycles. The van der Waals surface area contributed by atoms with E-state index in [4.69, 9.17) is 4.74 Å². The third kappa shape index (κ3) is 3.42. The minimum atomic E-state index is -0.0277. The molecular formula is C22H24BrN3O2. The summed E-state index contributed by atoms with van der Waals surface area (Å²) in [6.45, 7) is 5.90. The van der Waals surface area contributed by atoms with Gasteiger partial charge in [-0.2, -0.15) is 0 Å². The predicted octanol–water partition coefficient (Wildman–Crippen LogP) is 4.16. The van der Waals surface area contributed by atoms with Crippen LogP contribution >= 0.6 is 15.9 Å². The molecule has 2 heterocycles. The molecule has 146 valence electrons. The molecule has 0 bridgehead atoms. The predicted molar refractivity (Wildman–Crippen MR) is 117 cm³/mol. The zero-order chi connectivity index (χ0) is 19.8. The number of likely N-dealkylation sites (N-methyl/N-ethyl adjacent to an activating group) is 1. The number of carbonyl (C=O) groups is 1. The maximum absolute atomic E-state index is 13.2. The van der Waals surface area contributed by atoms with Gasteiger partial charge in [-0.3, -0.25) is 9.36 Å². The first kappa shape index (κ1) is 19.0. The van der Waals surface area contributed by atoms with E-state index in [1.165, 1.54) is 0 Å². The molecule has 0 radical (unpaired) electrons. The van der Waals surface area contributed by atoms with Crippen molar-refractivity contribution in [2.24, 2.45) is 0 Å². The third-order valence-corrected chi connectivity index (χ3v) is 6.35. The molecule has 0 aliphatic carbocycles. The highest BCUT2D eigenvalue weighted by Gasteiger charge is 2.20. The fourth-order valence-electron chi connectivity index (χ4n) is 3.70. The number of methoxy groups -OCH3 is 1. The number of piperazine rings is 1. The molecule has 1 aliphatic heterocycles. The summed E-state index contributed by atoms with van der Waals surface area (Å²) in [4.78, 5) is 17.8. The van der Waals surface area contributed by atoms with Crippen LogP contribution in [0.2, 0.25) is 0 Å². The summed E-state index contributed by atoms with van der Waals surface area (Å²) < 4.78 is 8.40. The van der Waals surface area contributed by atoms with Gasteiger partial charge in [0.2, 0.25) is 0 Å². The van der Waals surface area contributed by atoms with Gasteiger partial charge < -0.3 is 14.5 Å². The molecule has 3 aromatic rings. The number of rotatable bonds is 3. The van der Waals surface area contributed by atoms with Gasteiger partial charge in [0.05, 0.1) is 18.3 Å². The average molecular weight is 442 g/mol. The smallest absolute Gasteiger partial charge is 0.262 e. The van der Waals surface area contributed by atoms with Crippen molar-refractivity contribution in [3.8, 4) is 5.75 Å². The maximum Gasteiger partial charge on any atom is 0.262 e. The van der Waals surface area contributed by atoms with Gasteiger partial charge in [0.15, 0.2) is 0 Å². The van der Waals surface area contributed by atoms with E-state index < -0.39 is 0 Å². The van der Waals surface area contributed by atoms with Crippen LogP contribution in [-0.2, 0) is 0 Å². The fourth-order valence-corrected chi connectivity index (χ4v) is 3.95. The lowest BCUT2D eigenvalue weighted by Crippen LogP contribution is -2.44. The molecular weight excluding hydrogens is 418 g/mol. The van der Waals surface area contributed by atoms with E-state index >= 15 is 0 Å². The first-order valence-corrected chi connectivity index (χ1v) is 10.2. The first-order valence-electron chi connectivity index (χ1n) is 9.41. The molecule has 1 fully saturated rings.